The van der Waals surface area contributed by atoms with E-state index in [9.17, 15) is 0 Å². The van der Waals surface area contributed by atoms with Crippen LogP contribution < -0.4 is 0 Å². The van der Waals surface area contributed by atoms with E-state index in [1.165, 1.54) is 6.42 Å². The van der Waals surface area contributed by atoms with Gasteiger partial charge < -0.3 is 5.11 Å². The van der Waals surface area contributed by atoms with Crippen LogP contribution in [0.1, 0.15) is 12.8 Å². The first-order valence-corrected chi connectivity index (χ1v) is 3.64. The SMILES string of the molecule is CN1CCCC1C#CCO. The van der Waals surface area contributed by atoms with Crippen molar-refractivity contribution in [2.75, 3.05) is 20.2 Å². The molecule has 1 aliphatic rings. The molecule has 1 aliphatic heterocycles. The molecule has 1 N–H and O–H groups in total. The minimum atomic E-state index is -0.00958. The lowest BCUT2D eigenvalue weighted by molar-refractivity contribution is 0.346. The molecule has 1 unspecified atom stereocenters. The summed E-state index contributed by atoms with van der Waals surface area (Å²) in [5.74, 6) is 5.69. The second-order valence-corrected chi connectivity index (χ2v) is 2.62. The maximum absolute atomic E-state index is 8.42. The fourth-order valence-corrected chi connectivity index (χ4v) is 1.26. The summed E-state index contributed by atoms with van der Waals surface area (Å²) in [5, 5.41) is 8.42. The van der Waals surface area contributed by atoms with Crippen molar-refractivity contribution in [2.45, 2.75) is 18.9 Å². The van der Waals surface area contributed by atoms with Crippen LogP contribution in [0.5, 0.6) is 0 Å². The van der Waals surface area contributed by atoms with Crippen molar-refractivity contribution in [2.24, 2.45) is 0 Å². The average Bonchev–Trinajstić information content (AvgIpc) is 2.31. The first kappa shape index (κ1) is 7.59. The van der Waals surface area contributed by atoms with E-state index in [0.717, 1.165) is 13.0 Å². The number of hydrogen-bond donors (Lipinski definition) is 1. The van der Waals surface area contributed by atoms with Crippen molar-refractivity contribution in [1.29, 1.82) is 0 Å². The molecule has 0 aromatic rings. The monoisotopic (exact) mass is 139 g/mol. The molecule has 0 radical (unpaired) electrons. The first-order chi connectivity index (χ1) is 4.84. The van der Waals surface area contributed by atoms with Crippen molar-refractivity contribution >= 4 is 0 Å². The third-order valence-electron chi connectivity index (χ3n) is 1.87. The summed E-state index contributed by atoms with van der Waals surface area (Å²) in [6.45, 7) is 1.13. The van der Waals surface area contributed by atoms with Gasteiger partial charge in [-0.3, -0.25) is 4.90 Å². The molecular weight excluding hydrogens is 126 g/mol. The molecule has 0 bridgehead atoms. The predicted octanol–water partition coefficient (Wildman–Crippen LogP) is 0.0763. The quantitative estimate of drug-likeness (QED) is 0.480. The Bertz CT molecular complexity index is 156. The average molecular weight is 139 g/mol. The third kappa shape index (κ3) is 1.73. The van der Waals surface area contributed by atoms with Crippen molar-refractivity contribution in [3.8, 4) is 11.8 Å². The Hall–Kier alpha value is -0.520. The normalized spacial score (nSPS) is 26.0. The van der Waals surface area contributed by atoms with Gasteiger partial charge in [-0.2, -0.15) is 0 Å². The minimum Gasteiger partial charge on any atom is -0.384 e. The van der Waals surface area contributed by atoms with Crippen LogP contribution in [0.2, 0.25) is 0 Å². The van der Waals surface area contributed by atoms with E-state index in [1.807, 2.05) is 0 Å². The molecule has 1 saturated heterocycles. The van der Waals surface area contributed by atoms with Crippen LogP contribution in [0.15, 0.2) is 0 Å². The largest absolute Gasteiger partial charge is 0.384 e. The first-order valence-electron chi connectivity index (χ1n) is 3.64. The van der Waals surface area contributed by atoms with E-state index >= 15 is 0 Å². The fraction of sp³-hybridized carbons (Fsp3) is 0.750. The Morgan fingerprint density at radius 1 is 1.70 bits per heavy atom. The van der Waals surface area contributed by atoms with E-state index in [-0.39, 0.29) is 6.61 Å². The summed E-state index contributed by atoms with van der Waals surface area (Å²) < 4.78 is 0. The van der Waals surface area contributed by atoms with Crippen LogP contribution in [0.3, 0.4) is 0 Å². The number of nitrogens with zero attached hydrogens (tertiary/aromatic N) is 1. The maximum atomic E-state index is 8.42. The molecule has 1 atom stereocenters. The lowest BCUT2D eigenvalue weighted by atomic mass is 10.2. The number of likely N-dealkylation sites (tertiary alicyclic amines) is 1. The standard InChI is InChI=1S/C8H13NO/c1-9-6-2-4-8(9)5-3-7-10/h8,10H,2,4,6-7H2,1H3. The number of hydrogen-bond acceptors (Lipinski definition) is 2. The van der Waals surface area contributed by atoms with Crippen LogP contribution in [-0.2, 0) is 0 Å². The van der Waals surface area contributed by atoms with Gasteiger partial charge in [-0.05, 0) is 26.4 Å². The Balaban J connectivity index is 2.40. The molecule has 1 rings (SSSR count). The second kappa shape index (κ2) is 3.60. The van der Waals surface area contributed by atoms with E-state index < -0.39 is 0 Å². The van der Waals surface area contributed by atoms with Crippen molar-refractivity contribution < 1.29 is 5.11 Å². The molecule has 1 heterocycles. The van der Waals surface area contributed by atoms with Crippen LogP contribution in [-0.4, -0.2) is 36.2 Å². The molecule has 0 aromatic heterocycles. The molecule has 0 saturated carbocycles. The highest BCUT2D eigenvalue weighted by Crippen LogP contribution is 2.12. The van der Waals surface area contributed by atoms with Crippen LogP contribution >= 0.6 is 0 Å². The zero-order valence-corrected chi connectivity index (χ0v) is 6.30. The number of aliphatic hydroxyl groups excluding tert-OH is 1. The fourth-order valence-electron chi connectivity index (χ4n) is 1.26. The van der Waals surface area contributed by atoms with Gasteiger partial charge in [0, 0.05) is 0 Å². The van der Waals surface area contributed by atoms with Crippen LogP contribution in [0, 0.1) is 11.8 Å². The Morgan fingerprint density at radius 3 is 3.00 bits per heavy atom. The van der Waals surface area contributed by atoms with Crippen molar-refractivity contribution in [3.05, 3.63) is 0 Å². The molecular formula is C8H13NO. The highest BCUT2D eigenvalue weighted by Gasteiger charge is 2.17. The second-order valence-electron chi connectivity index (χ2n) is 2.62. The smallest absolute Gasteiger partial charge is 0.104 e. The summed E-state index contributed by atoms with van der Waals surface area (Å²) in [6, 6.07) is 0.396. The molecule has 2 nitrogen and oxygen atoms in total. The molecule has 0 amide bonds. The molecule has 1 fully saturated rings. The minimum absolute atomic E-state index is 0.00958. The van der Waals surface area contributed by atoms with Gasteiger partial charge in [0.15, 0.2) is 0 Å². The van der Waals surface area contributed by atoms with Gasteiger partial charge in [0.25, 0.3) is 0 Å². The van der Waals surface area contributed by atoms with Gasteiger partial charge in [-0.1, -0.05) is 11.8 Å². The molecule has 0 aromatic carbocycles. The lowest BCUT2D eigenvalue weighted by Gasteiger charge is -2.11. The van der Waals surface area contributed by atoms with Crippen molar-refractivity contribution in [3.63, 3.8) is 0 Å². The van der Waals surface area contributed by atoms with Gasteiger partial charge in [0.1, 0.15) is 6.61 Å². The predicted molar refractivity (Wildman–Crippen MR) is 40.5 cm³/mol. The van der Waals surface area contributed by atoms with E-state index in [0.29, 0.717) is 6.04 Å². The van der Waals surface area contributed by atoms with Gasteiger partial charge in [-0.25, -0.2) is 0 Å². The van der Waals surface area contributed by atoms with E-state index in [4.69, 9.17) is 5.11 Å². The molecule has 0 aliphatic carbocycles. The maximum Gasteiger partial charge on any atom is 0.104 e. The highest BCUT2D eigenvalue weighted by atomic mass is 16.2. The Morgan fingerprint density at radius 2 is 2.50 bits per heavy atom. The Kier molecular flexibility index (Phi) is 2.73. The molecule has 2 heteroatoms. The molecule has 10 heavy (non-hydrogen) atoms. The zero-order chi connectivity index (χ0) is 7.40. The zero-order valence-electron chi connectivity index (χ0n) is 6.30. The molecule has 0 spiro atoms. The van der Waals surface area contributed by atoms with Gasteiger partial charge in [-0.15, -0.1) is 0 Å². The lowest BCUT2D eigenvalue weighted by Crippen LogP contribution is -2.22. The Labute approximate surface area is 61.8 Å². The summed E-state index contributed by atoms with van der Waals surface area (Å²) >= 11 is 0. The third-order valence-corrected chi connectivity index (χ3v) is 1.87. The van der Waals surface area contributed by atoms with E-state index in [2.05, 4.69) is 23.8 Å². The topological polar surface area (TPSA) is 23.5 Å². The van der Waals surface area contributed by atoms with Crippen LogP contribution in [0.4, 0.5) is 0 Å². The van der Waals surface area contributed by atoms with Gasteiger partial charge >= 0.3 is 0 Å². The van der Waals surface area contributed by atoms with Crippen molar-refractivity contribution in [1.82, 2.24) is 4.90 Å². The summed E-state index contributed by atoms with van der Waals surface area (Å²) in [7, 11) is 2.07. The van der Waals surface area contributed by atoms with Crippen LogP contribution in [0.25, 0.3) is 0 Å². The number of rotatable bonds is 0. The summed E-state index contributed by atoms with van der Waals surface area (Å²) in [4.78, 5) is 2.22. The van der Waals surface area contributed by atoms with Gasteiger partial charge in [0.05, 0.1) is 6.04 Å². The molecule has 56 valence electrons. The highest BCUT2D eigenvalue weighted by molar-refractivity contribution is 5.09. The van der Waals surface area contributed by atoms with Gasteiger partial charge in [0.2, 0.25) is 0 Å². The summed E-state index contributed by atoms with van der Waals surface area (Å²) in [6.07, 6.45) is 2.39. The summed E-state index contributed by atoms with van der Waals surface area (Å²) in [5.41, 5.74) is 0. The van der Waals surface area contributed by atoms with E-state index in [1.54, 1.807) is 0 Å². The number of aliphatic hydroxyl groups is 1.